The second kappa shape index (κ2) is 11.4. The lowest BCUT2D eigenvalue weighted by Gasteiger charge is -2.26. The van der Waals surface area contributed by atoms with E-state index in [0.29, 0.717) is 0 Å². The van der Waals surface area contributed by atoms with Crippen LogP contribution in [-0.2, 0) is 12.8 Å². The summed E-state index contributed by atoms with van der Waals surface area (Å²) < 4.78 is 0. The van der Waals surface area contributed by atoms with Crippen molar-refractivity contribution in [1.29, 1.82) is 0 Å². The second-order valence-corrected chi connectivity index (χ2v) is 12.3. The standard InChI is InChI=1S/C45H32N2/c1-3-11-31(12-4-1)32-19-23-37(24-20-32)47(36-15-5-2-6-16-36)38-25-21-33(22-26-38)39-27-28-41(44-30-35-14-8-10-18-43(35)46-44)45-40-17-9-7-13-34(40)29-42(39)45/h1-28H,29-30H2. The summed E-state index contributed by atoms with van der Waals surface area (Å²) in [4.78, 5) is 7.43. The Bertz CT molecular complexity index is 2270. The lowest BCUT2D eigenvalue weighted by Crippen LogP contribution is -2.09. The molecule has 0 fully saturated rings. The van der Waals surface area contributed by atoms with E-state index in [0.717, 1.165) is 41.3 Å². The zero-order valence-corrected chi connectivity index (χ0v) is 26.0. The van der Waals surface area contributed by atoms with Gasteiger partial charge >= 0.3 is 0 Å². The molecule has 1 heterocycles. The minimum absolute atomic E-state index is 0.875. The van der Waals surface area contributed by atoms with Gasteiger partial charge in [0.1, 0.15) is 0 Å². The van der Waals surface area contributed by atoms with Gasteiger partial charge in [0.2, 0.25) is 0 Å². The molecule has 0 aromatic heterocycles. The molecule has 47 heavy (non-hydrogen) atoms. The molecule has 2 nitrogen and oxygen atoms in total. The van der Waals surface area contributed by atoms with Crippen molar-refractivity contribution in [3.05, 3.63) is 192 Å². The molecule has 0 N–H and O–H groups in total. The third-order valence-electron chi connectivity index (χ3n) is 9.57. The zero-order valence-electron chi connectivity index (χ0n) is 26.0. The van der Waals surface area contributed by atoms with Gasteiger partial charge in [0.25, 0.3) is 0 Å². The Morgan fingerprint density at radius 2 is 0.936 bits per heavy atom. The minimum Gasteiger partial charge on any atom is -0.311 e. The van der Waals surface area contributed by atoms with Gasteiger partial charge in [-0.05, 0) is 99.0 Å². The highest BCUT2D eigenvalue weighted by Crippen LogP contribution is 2.46. The maximum Gasteiger partial charge on any atom is 0.0669 e. The molecule has 0 unspecified atom stereocenters. The van der Waals surface area contributed by atoms with Crippen LogP contribution in [0.5, 0.6) is 0 Å². The first-order chi connectivity index (χ1) is 23.3. The zero-order chi connectivity index (χ0) is 31.2. The number of benzene rings is 7. The van der Waals surface area contributed by atoms with Crippen molar-refractivity contribution in [2.24, 2.45) is 4.99 Å². The topological polar surface area (TPSA) is 15.6 Å². The van der Waals surface area contributed by atoms with Crippen molar-refractivity contribution in [2.45, 2.75) is 12.8 Å². The predicted octanol–water partition coefficient (Wildman–Crippen LogP) is 11.7. The van der Waals surface area contributed by atoms with Crippen LogP contribution >= 0.6 is 0 Å². The molecule has 0 bridgehead atoms. The monoisotopic (exact) mass is 600 g/mol. The Morgan fingerprint density at radius 1 is 0.383 bits per heavy atom. The summed E-state index contributed by atoms with van der Waals surface area (Å²) in [6, 6.07) is 61.1. The molecule has 7 aromatic carbocycles. The predicted molar refractivity (Wildman–Crippen MR) is 197 cm³/mol. The van der Waals surface area contributed by atoms with Gasteiger partial charge in [-0.25, -0.2) is 0 Å². The molecule has 0 spiro atoms. The lowest BCUT2D eigenvalue weighted by atomic mass is 9.89. The van der Waals surface area contributed by atoms with Crippen LogP contribution in [-0.4, -0.2) is 5.71 Å². The largest absolute Gasteiger partial charge is 0.311 e. The van der Waals surface area contributed by atoms with E-state index in [1.165, 1.54) is 55.6 Å². The van der Waals surface area contributed by atoms with E-state index in [4.69, 9.17) is 4.99 Å². The first kappa shape index (κ1) is 27.3. The Kier molecular flexibility index (Phi) is 6.64. The van der Waals surface area contributed by atoms with Gasteiger partial charge in [0.15, 0.2) is 0 Å². The van der Waals surface area contributed by atoms with Crippen molar-refractivity contribution in [3.8, 4) is 33.4 Å². The molecule has 0 radical (unpaired) electrons. The van der Waals surface area contributed by atoms with Crippen LogP contribution in [0.15, 0.2) is 175 Å². The Hall–Kier alpha value is -5.99. The number of rotatable bonds is 6. The number of fused-ring (bicyclic) bond motifs is 4. The molecular weight excluding hydrogens is 569 g/mol. The highest BCUT2D eigenvalue weighted by atomic mass is 15.1. The van der Waals surface area contributed by atoms with E-state index in [1.807, 2.05) is 0 Å². The van der Waals surface area contributed by atoms with Crippen LogP contribution in [0.1, 0.15) is 22.3 Å². The number of aliphatic imine (C=N–C) groups is 1. The van der Waals surface area contributed by atoms with Crippen molar-refractivity contribution in [2.75, 3.05) is 4.90 Å². The molecule has 1 aliphatic carbocycles. The van der Waals surface area contributed by atoms with E-state index in [-0.39, 0.29) is 0 Å². The summed E-state index contributed by atoms with van der Waals surface area (Å²) in [5.41, 5.74) is 18.6. The Labute approximate surface area is 276 Å². The highest BCUT2D eigenvalue weighted by molar-refractivity contribution is 6.12. The number of hydrogen-bond acceptors (Lipinski definition) is 2. The average Bonchev–Trinajstić information content (AvgIpc) is 3.75. The summed E-state index contributed by atoms with van der Waals surface area (Å²) >= 11 is 0. The van der Waals surface area contributed by atoms with E-state index in [9.17, 15) is 0 Å². The highest BCUT2D eigenvalue weighted by Gasteiger charge is 2.28. The van der Waals surface area contributed by atoms with Gasteiger partial charge < -0.3 is 4.90 Å². The SMILES string of the molecule is c1ccc(-c2ccc(N(c3ccccc3)c3ccc(-c4ccc(C5=Nc6ccccc6C5)c5c4Cc4ccccc4-5)cc3)cc2)cc1. The van der Waals surface area contributed by atoms with Gasteiger partial charge in [0, 0.05) is 29.0 Å². The fourth-order valence-electron chi connectivity index (χ4n) is 7.30. The van der Waals surface area contributed by atoms with E-state index in [2.05, 4.69) is 175 Å². The molecule has 9 rings (SSSR count). The van der Waals surface area contributed by atoms with E-state index in [1.54, 1.807) is 0 Å². The van der Waals surface area contributed by atoms with Crippen molar-refractivity contribution in [1.82, 2.24) is 0 Å². The molecule has 2 heteroatoms. The normalized spacial score (nSPS) is 12.6. The Balaban J connectivity index is 1.10. The smallest absolute Gasteiger partial charge is 0.0669 e. The van der Waals surface area contributed by atoms with E-state index >= 15 is 0 Å². The van der Waals surface area contributed by atoms with Gasteiger partial charge in [-0.1, -0.05) is 127 Å². The maximum absolute atomic E-state index is 5.10. The molecule has 1 aliphatic heterocycles. The van der Waals surface area contributed by atoms with Crippen LogP contribution < -0.4 is 4.90 Å². The van der Waals surface area contributed by atoms with Gasteiger partial charge in [0.05, 0.1) is 11.4 Å². The molecule has 0 atom stereocenters. The molecule has 0 saturated heterocycles. The maximum atomic E-state index is 5.10. The van der Waals surface area contributed by atoms with Crippen LogP contribution in [0, 0.1) is 0 Å². The fourth-order valence-corrected chi connectivity index (χ4v) is 7.30. The Morgan fingerprint density at radius 3 is 1.66 bits per heavy atom. The first-order valence-corrected chi connectivity index (χ1v) is 16.3. The summed E-state index contributed by atoms with van der Waals surface area (Å²) in [6.45, 7) is 0. The molecule has 0 amide bonds. The number of para-hydroxylation sites is 2. The summed E-state index contributed by atoms with van der Waals surface area (Å²) in [6.07, 6.45) is 1.81. The second-order valence-electron chi connectivity index (χ2n) is 12.3. The van der Waals surface area contributed by atoms with Crippen LogP contribution in [0.3, 0.4) is 0 Å². The fraction of sp³-hybridized carbons (Fsp3) is 0.0444. The third kappa shape index (κ3) is 4.86. The summed E-state index contributed by atoms with van der Waals surface area (Å²) in [5.74, 6) is 0. The quantitative estimate of drug-likeness (QED) is 0.185. The van der Waals surface area contributed by atoms with Crippen LogP contribution in [0.2, 0.25) is 0 Å². The number of anilines is 3. The molecule has 7 aromatic rings. The number of nitrogens with zero attached hydrogens (tertiary/aromatic N) is 2. The lowest BCUT2D eigenvalue weighted by molar-refractivity contribution is 1.26. The first-order valence-electron chi connectivity index (χ1n) is 16.3. The summed E-state index contributed by atoms with van der Waals surface area (Å²) in [7, 11) is 0. The van der Waals surface area contributed by atoms with Crippen molar-refractivity contribution >= 4 is 28.5 Å². The van der Waals surface area contributed by atoms with Gasteiger partial charge in [-0.2, -0.15) is 0 Å². The molecule has 2 aliphatic rings. The van der Waals surface area contributed by atoms with E-state index < -0.39 is 0 Å². The average molecular weight is 601 g/mol. The number of hydrogen-bond donors (Lipinski definition) is 0. The van der Waals surface area contributed by atoms with Crippen molar-refractivity contribution < 1.29 is 0 Å². The van der Waals surface area contributed by atoms with Crippen LogP contribution in [0.4, 0.5) is 22.7 Å². The van der Waals surface area contributed by atoms with Crippen LogP contribution in [0.25, 0.3) is 33.4 Å². The minimum atomic E-state index is 0.875. The molecule has 222 valence electrons. The van der Waals surface area contributed by atoms with Gasteiger partial charge in [-0.15, -0.1) is 0 Å². The summed E-state index contributed by atoms with van der Waals surface area (Å²) in [5, 5.41) is 0. The van der Waals surface area contributed by atoms with Gasteiger partial charge in [-0.3, -0.25) is 4.99 Å². The molecule has 0 saturated carbocycles. The third-order valence-corrected chi connectivity index (χ3v) is 9.57. The van der Waals surface area contributed by atoms with Crippen molar-refractivity contribution in [3.63, 3.8) is 0 Å². The molecular formula is C45H32N2.